The summed E-state index contributed by atoms with van der Waals surface area (Å²) < 4.78 is 0. The number of rotatable bonds is 6. The van der Waals surface area contributed by atoms with Gasteiger partial charge in [0.25, 0.3) is 0 Å². The Morgan fingerprint density at radius 2 is 1.70 bits per heavy atom. The highest BCUT2D eigenvalue weighted by Crippen LogP contribution is 2.08. The molecule has 0 spiro atoms. The summed E-state index contributed by atoms with van der Waals surface area (Å²) in [7, 11) is 5.11. The summed E-state index contributed by atoms with van der Waals surface area (Å²) in [6, 6.07) is 7.36. The highest BCUT2D eigenvalue weighted by Gasteiger charge is 2.11. The summed E-state index contributed by atoms with van der Waals surface area (Å²) in [6.45, 7) is 0.856. The molecule has 0 radical (unpaired) electrons. The fourth-order valence-electron chi connectivity index (χ4n) is 1.60. The van der Waals surface area contributed by atoms with E-state index in [9.17, 15) is 9.59 Å². The van der Waals surface area contributed by atoms with E-state index in [4.69, 9.17) is 5.73 Å². The lowest BCUT2D eigenvalue weighted by atomic mass is 10.2. The summed E-state index contributed by atoms with van der Waals surface area (Å²) in [5.74, 6) is -0.188. The molecule has 2 amide bonds. The van der Waals surface area contributed by atoms with Gasteiger partial charge in [-0.2, -0.15) is 0 Å². The van der Waals surface area contributed by atoms with Crippen LogP contribution < -0.4 is 11.1 Å². The maximum absolute atomic E-state index is 11.8. The molecule has 0 atom stereocenters. The van der Waals surface area contributed by atoms with Gasteiger partial charge in [-0.3, -0.25) is 14.5 Å². The van der Waals surface area contributed by atoms with Gasteiger partial charge in [-0.15, -0.1) is 0 Å². The zero-order chi connectivity index (χ0) is 15.1. The van der Waals surface area contributed by atoms with E-state index in [1.165, 1.54) is 4.90 Å². The molecule has 6 heteroatoms. The smallest absolute Gasteiger partial charge is 0.238 e. The standard InChI is InChI=1S/C14H22N4O2/c1-17(2)14(20)10-18(3)9-13(19)16-12-6-4-11(8-15)5-7-12/h4-7H,8-10,15H2,1-3H3,(H,16,19). The van der Waals surface area contributed by atoms with E-state index >= 15 is 0 Å². The molecule has 6 nitrogen and oxygen atoms in total. The number of amides is 2. The van der Waals surface area contributed by atoms with Gasteiger partial charge in [-0.1, -0.05) is 12.1 Å². The van der Waals surface area contributed by atoms with E-state index in [0.29, 0.717) is 6.54 Å². The van der Waals surface area contributed by atoms with Crippen molar-refractivity contribution in [3.8, 4) is 0 Å². The monoisotopic (exact) mass is 278 g/mol. The minimum Gasteiger partial charge on any atom is -0.348 e. The van der Waals surface area contributed by atoms with Crippen molar-refractivity contribution in [1.29, 1.82) is 0 Å². The van der Waals surface area contributed by atoms with E-state index in [0.717, 1.165) is 11.3 Å². The first kappa shape index (κ1) is 16.1. The Bertz CT molecular complexity index is 457. The number of nitrogens with two attached hydrogens (primary N) is 1. The molecule has 3 N–H and O–H groups in total. The highest BCUT2D eigenvalue weighted by atomic mass is 16.2. The third-order valence-electron chi connectivity index (χ3n) is 2.79. The van der Waals surface area contributed by atoms with E-state index in [1.807, 2.05) is 24.3 Å². The van der Waals surface area contributed by atoms with Crippen molar-refractivity contribution < 1.29 is 9.59 Å². The number of hydrogen-bond donors (Lipinski definition) is 2. The lowest BCUT2D eigenvalue weighted by Crippen LogP contribution is -2.38. The third kappa shape index (κ3) is 5.38. The maximum atomic E-state index is 11.8. The van der Waals surface area contributed by atoms with Crippen LogP contribution in [0.25, 0.3) is 0 Å². The highest BCUT2D eigenvalue weighted by molar-refractivity contribution is 5.92. The molecule has 0 aliphatic heterocycles. The van der Waals surface area contributed by atoms with E-state index in [1.54, 1.807) is 26.0 Å². The van der Waals surface area contributed by atoms with Crippen molar-refractivity contribution in [2.24, 2.45) is 5.73 Å². The summed E-state index contributed by atoms with van der Waals surface area (Å²) in [5, 5.41) is 2.78. The topological polar surface area (TPSA) is 78.7 Å². The molecule has 0 saturated heterocycles. The summed E-state index contributed by atoms with van der Waals surface area (Å²) in [5.41, 5.74) is 7.24. The Morgan fingerprint density at radius 1 is 1.10 bits per heavy atom. The van der Waals surface area contributed by atoms with Crippen LogP contribution in [-0.2, 0) is 16.1 Å². The molecule has 20 heavy (non-hydrogen) atoms. The average molecular weight is 278 g/mol. The molecule has 110 valence electrons. The molecule has 1 aromatic rings. The number of benzene rings is 1. The number of likely N-dealkylation sites (N-methyl/N-ethyl adjacent to an activating group) is 2. The van der Waals surface area contributed by atoms with Crippen LogP contribution in [0.1, 0.15) is 5.56 Å². The fraction of sp³-hybridized carbons (Fsp3) is 0.429. The molecule has 0 aliphatic carbocycles. The van der Waals surface area contributed by atoms with Gasteiger partial charge in [0.05, 0.1) is 13.1 Å². The molecular formula is C14H22N4O2. The van der Waals surface area contributed by atoms with Gasteiger partial charge in [0, 0.05) is 26.3 Å². The first-order chi connectivity index (χ1) is 9.42. The molecule has 1 aromatic carbocycles. The Balaban J connectivity index is 2.44. The second-order valence-corrected chi connectivity index (χ2v) is 4.91. The van der Waals surface area contributed by atoms with E-state index < -0.39 is 0 Å². The van der Waals surface area contributed by atoms with Gasteiger partial charge in [0.2, 0.25) is 11.8 Å². The molecule has 0 heterocycles. The van der Waals surface area contributed by atoms with Gasteiger partial charge in [0.1, 0.15) is 0 Å². The quantitative estimate of drug-likeness (QED) is 0.774. The van der Waals surface area contributed by atoms with Crippen LogP contribution in [0.3, 0.4) is 0 Å². The lowest BCUT2D eigenvalue weighted by Gasteiger charge is -2.18. The SMILES string of the molecule is CN(CC(=O)Nc1ccc(CN)cc1)CC(=O)N(C)C. The van der Waals surface area contributed by atoms with Crippen molar-refractivity contribution >= 4 is 17.5 Å². The third-order valence-corrected chi connectivity index (χ3v) is 2.79. The van der Waals surface area contributed by atoms with Crippen molar-refractivity contribution in [1.82, 2.24) is 9.80 Å². The number of anilines is 1. The molecule has 0 fully saturated rings. The predicted molar refractivity (Wildman–Crippen MR) is 79.2 cm³/mol. The zero-order valence-electron chi connectivity index (χ0n) is 12.2. The summed E-state index contributed by atoms with van der Waals surface area (Å²) in [4.78, 5) is 26.5. The van der Waals surface area contributed by atoms with Crippen molar-refractivity contribution in [2.45, 2.75) is 6.54 Å². The predicted octanol–water partition coefficient (Wildman–Crippen LogP) is 0.104. The van der Waals surface area contributed by atoms with Gasteiger partial charge >= 0.3 is 0 Å². The Morgan fingerprint density at radius 3 is 2.20 bits per heavy atom. The van der Waals surface area contributed by atoms with Crippen molar-refractivity contribution in [3.05, 3.63) is 29.8 Å². The van der Waals surface area contributed by atoms with E-state index in [2.05, 4.69) is 5.32 Å². The molecule has 0 saturated carbocycles. The zero-order valence-corrected chi connectivity index (χ0v) is 12.2. The van der Waals surface area contributed by atoms with Crippen molar-refractivity contribution in [3.63, 3.8) is 0 Å². The number of carbonyl (C=O) groups excluding carboxylic acids is 2. The van der Waals surface area contributed by atoms with Crippen LogP contribution in [-0.4, -0.2) is 55.8 Å². The van der Waals surface area contributed by atoms with E-state index in [-0.39, 0.29) is 24.9 Å². The van der Waals surface area contributed by atoms with Crippen LogP contribution in [0, 0.1) is 0 Å². The molecular weight excluding hydrogens is 256 g/mol. The van der Waals surface area contributed by atoms with Crippen LogP contribution >= 0.6 is 0 Å². The van der Waals surface area contributed by atoms with Crippen LogP contribution in [0.15, 0.2) is 24.3 Å². The Kier molecular flexibility index (Phi) is 6.14. The maximum Gasteiger partial charge on any atom is 0.238 e. The number of nitrogens with zero attached hydrogens (tertiary/aromatic N) is 2. The summed E-state index contributed by atoms with van der Waals surface area (Å²) in [6.07, 6.45) is 0. The number of hydrogen-bond acceptors (Lipinski definition) is 4. The normalized spacial score (nSPS) is 10.4. The fourth-order valence-corrected chi connectivity index (χ4v) is 1.60. The Labute approximate surface area is 119 Å². The second-order valence-electron chi connectivity index (χ2n) is 4.91. The largest absolute Gasteiger partial charge is 0.348 e. The van der Waals surface area contributed by atoms with Gasteiger partial charge in [0.15, 0.2) is 0 Å². The first-order valence-electron chi connectivity index (χ1n) is 6.40. The first-order valence-corrected chi connectivity index (χ1v) is 6.40. The Hall–Kier alpha value is -1.92. The van der Waals surface area contributed by atoms with Crippen molar-refractivity contribution in [2.75, 3.05) is 39.5 Å². The number of carbonyl (C=O) groups is 2. The molecule has 0 aromatic heterocycles. The molecule has 0 aliphatic rings. The molecule has 0 bridgehead atoms. The van der Waals surface area contributed by atoms with Gasteiger partial charge < -0.3 is 16.0 Å². The lowest BCUT2D eigenvalue weighted by molar-refractivity contribution is -0.130. The molecule has 0 unspecified atom stereocenters. The van der Waals surface area contributed by atoms with Gasteiger partial charge in [-0.25, -0.2) is 0 Å². The van der Waals surface area contributed by atoms with Crippen LogP contribution in [0.2, 0.25) is 0 Å². The minimum atomic E-state index is -0.153. The molecule has 1 rings (SSSR count). The minimum absolute atomic E-state index is 0.0346. The number of nitrogens with one attached hydrogen (secondary N) is 1. The second kappa shape index (κ2) is 7.62. The summed E-state index contributed by atoms with van der Waals surface area (Å²) >= 11 is 0. The van der Waals surface area contributed by atoms with Gasteiger partial charge in [-0.05, 0) is 24.7 Å². The van der Waals surface area contributed by atoms with Crippen LogP contribution in [0.4, 0.5) is 5.69 Å². The van der Waals surface area contributed by atoms with Crippen LogP contribution in [0.5, 0.6) is 0 Å². The average Bonchev–Trinajstić information content (AvgIpc) is 2.39.